The van der Waals surface area contributed by atoms with E-state index in [4.69, 9.17) is 9.47 Å². The normalized spacial score (nSPS) is 11.2. The van der Waals surface area contributed by atoms with Crippen LogP contribution in [-0.4, -0.2) is 41.3 Å². The van der Waals surface area contributed by atoms with Gasteiger partial charge in [0.15, 0.2) is 11.5 Å². The SMILES string of the molecule is COc1ccc(/C=N\NC(=O)CN(c2ccc(I)cc2)S(=O)(=O)c2ccccc2)cc1OC. The second kappa shape index (κ2) is 11.1. The number of nitrogens with zero attached hydrogens (tertiary/aromatic N) is 2. The van der Waals surface area contributed by atoms with Crippen molar-refractivity contribution in [3.05, 3.63) is 81.9 Å². The van der Waals surface area contributed by atoms with Crippen molar-refractivity contribution in [1.82, 2.24) is 5.43 Å². The van der Waals surface area contributed by atoms with Crippen LogP contribution in [0.1, 0.15) is 5.56 Å². The Labute approximate surface area is 206 Å². The lowest BCUT2D eigenvalue weighted by atomic mass is 10.2. The summed E-state index contributed by atoms with van der Waals surface area (Å²) in [7, 11) is -0.911. The van der Waals surface area contributed by atoms with Gasteiger partial charge in [0.25, 0.3) is 15.9 Å². The molecule has 10 heteroatoms. The Morgan fingerprint density at radius 3 is 2.30 bits per heavy atom. The van der Waals surface area contributed by atoms with Crippen molar-refractivity contribution < 1.29 is 22.7 Å². The van der Waals surface area contributed by atoms with Gasteiger partial charge in [0.05, 0.1) is 31.0 Å². The number of halogens is 1. The van der Waals surface area contributed by atoms with Crippen LogP contribution in [-0.2, 0) is 14.8 Å². The molecule has 0 unspecified atom stereocenters. The van der Waals surface area contributed by atoms with Gasteiger partial charge in [0, 0.05) is 3.57 Å². The fourth-order valence-corrected chi connectivity index (χ4v) is 4.72. The molecule has 0 aliphatic carbocycles. The number of hydrogen-bond acceptors (Lipinski definition) is 6. The highest BCUT2D eigenvalue weighted by atomic mass is 127. The minimum Gasteiger partial charge on any atom is -0.493 e. The van der Waals surface area contributed by atoms with E-state index in [0.717, 1.165) is 7.88 Å². The fraction of sp³-hybridized carbons (Fsp3) is 0.130. The number of amides is 1. The largest absolute Gasteiger partial charge is 0.493 e. The van der Waals surface area contributed by atoms with Gasteiger partial charge in [-0.3, -0.25) is 9.10 Å². The molecule has 3 aromatic carbocycles. The summed E-state index contributed by atoms with van der Waals surface area (Å²) >= 11 is 2.13. The number of hydrogen-bond donors (Lipinski definition) is 1. The van der Waals surface area contributed by atoms with Gasteiger partial charge in [-0.15, -0.1) is 0 Å². The molecule has 1 N–H and O–H groups in total. The molecular formula is C23H22IN3O5S. The first-order chi connectivity index (χ1) is 15.8. The maximum absolute atomic E-state index is 13.3. The smallest absolute Gasteiger partial charge is 0.264 e. The summed E-state index contributed by atoms with van der Waals surface area (Å²) in [6, 6.07) is 20.0. The van der Waals surface area contributed by atoms with E-state index in [0.29, 0.717) is 22.7 Å². The van der Waals surface area contributed by atoms with Crippen LogP contribution in [0.3, 0.4) is 0 Å². The number of carbonyl (C=O) groups excluding carboxylic acids is 1. The highest BCUT2D eigenvalue weighted by molar-refractivity contribution is 14.1. The number of anilines is 1. The zero-order valence-electron chi connectivity index (χ0n) is 17.9. The van der Waals surface area contributed by atoms with Gasteiger partial charge >= 0.3 is 0 Å². The van der Waals surface area contributed by atoms with Crippen LogP contribution in [0, 0.1) is 3.57 Å². The van der Waals surface area contributed by atoms with Crippen molar-refractivity contribution in [2.24, 2.45) is 5.10 Å². The minimum atomic E-state index is -3.97. The van der Waals surface area contributed by atoms with E-state index in [1.54, 1.807) is 60.7 Å². The number of carbonyl (C=O) groups is 1. The van der Waals surface area contributed by atoms with Gasteiger partial charge in [-0.1, -0.05) is 18.2 Å². The zero-order chi connectivity index (χ0) is 23.8. The molecule has 0 aromatic heterocycles. The Kier molecular flexibility index (Phi) is 8.28. The summed E-state index contributed by atoms with van der Waals surface area (Å²) < 4.78 is 39.0. The fourth-order valence-electron chi connectivity index (χ4n) is 2.92. The summed E-state index contributed by atoms with van der Waals surface area (Å²) in [4.78, 5) is 12.7. The van der Waals surface area contributed by atoms with E-state index in [1.807, 2.05) is 0 Å². The molecule has 0 bridgehead atoms. The lowest BCUT2D eigenvalue weighted by Gasteiger charge is -2.23. The first kappa shape index (κ1) is 24.5. The molecule has 0 saturated heterocycles. The van der Waals surface area contributed by atoms with E-state index in [-0.39, 0.29) is 4.90 Å². The van der Waals surface area contributed by atoms with Crippen LogP contribution in [0.15, 0.2) is 82.8 Å². The number of nitrogens with one attached hydrogen (secondary N) is 1. The molecular weight excluding hydrogens is 557 g/mol. The van der Waals surface area contributed by atoms with Crippen molar-refractivity contribution in [3.63, 3.8) is 0 Å². The van der Waals surface area contributed by atoms with Crippen molar-refractivity contribution in [2.75, 3.05) is 25.1 Å². The highest BCUT2D eigenvalue weighted by Crippen LogP contribution is 2.27. The zero-order valence-corrected chi connectivity index (χ0v) is 20.9. The van der Waals surface area contributed by atoms with E-state index in [1.165, 1.54) is 32.6 Å². The summed E-state index contributed by atoms with van der Waals surface area (Å²) in [5, 5.41) is 3.94. The quantitative estimate of drug-likeness (QED) is 0.237. The third-order valence-electron chi connectivity index (χ3n) is 4.54. The minimum absolute atomic E-state index is 0.0881. The molecule has 0 aliphatic heterocycles. The molecule has 33 heavy (non-hydrogen) atoms. The lowest BCUT2D eigenvalue weighted by Crippen LogP contribution is -2.39. The Balaban J connectivity index is 1.79. The summed E-state index contributed by atoms with van der Waals surface area (Å²) in [5.74, 6) is 0.495. The Morgan fingerprint density at radius 1 is 1.00 bits per heavy atom. The standard InChI is InChI=1S/C23H22IN3O5S/c1-31-21-13-8-17(14-22(21)32-2)15-25-26-23(28)16-27(19-11-9-18(24)10-12-19)33(29,30)20-6-4-3-5-7-20/h3-15H,16H2,1-2H3,(H,26,28)/b25-15-. The number of methoxy groups -OCH3 is 2. The van der Waals surface area contributed by atoms with Crippen molar-refractivity contribution >= 4 is 50.4 Å². The predicted molar refractivity (Wildman–Crippen MR) is 135 cm³/mol. The van der Waals surface area contributed by atoms with Crippen LogP contribution in [0.2, 0.25) is 0 Å². The van der Waals surface area contributed by atoms with Crippen LogP contribution < -0.4 is 19.2 Å². The molecule has 0 heterocycles. The van der Waals surface area contributed by atoms with Crippen molar-refractivity contribution in [3.8, 4) is 11.5 Å². The Morgan fingerprint density at radius 2 is 1.67 bits per heavy atom. The van der Waals surface area contributed by atoms with Crippen molar-refractivity contribution in [2.45, 2.75) is 4.90 Å². The number of benzene rings is 3. The third kappa shape index (κ3) is 6.23. The van der Waals surface area contributed by atoms with E-state index in [2.05, 4.69) is 33.1 Å². The maximum Gasteiger partial charge on any atom is 0.264 e. The topological polar surface area (TPSA) is 97.3 Å². The molecule has 0 saturated carbocycles. The molecule has 0 radical (unpaired) electrons. The molecule has 1 amide bonds. The Bertz CT molecular complexity index is 1230. The summed E-state index contributed by atoms with van der Waals surface area (Å²) in [5.41, 5.74) is 3.42. The van der Waals surface area contributed by atoms with Crippen LogP contribution in [0.4, 0.5) is 5.69 Å². The van der Waals surface area contributed by atoms with Gasteiger partial charge in [-0.05, 0) is 82.8 Å². The molecule has 0 fully saturated rings. The average molecular weight is 579 g/mol. The van der Waals surface area contributed by atoms with Gasteiger partial charge < -0.3 is 9.47 Å². The molecule has 3 rings (SSSR count). The van der Waals surface area contributed by atoms with Crippen LogP contribution in [0.25, 0.3) is 0 Å². The number of hydrazone groups is 1. The number of rotatable bonds is 9. The molecule has 0 atom stereocenters. The lowest BCUT2D eigenvalue weighted by molar-refractivity contribution is -0.119. The monoisotopic (exact) mass is 579 g/mol. The summed E-state index contributed by atoms with van der Waals surface area (Å²) in [6.07, 6.45) is 1.43. The third-order valence-corrected chi connectivity index (χ3v) is 7.05. The maximum atomic E-state index is 13.3. The van der Waals surface area contributed by atoms with Gasteiger partial charge in [-0.2, -0.15) is 5.10 Å². The molecule has 172 valence electrons. The average Bonchev–Trinajstić information content (AvgIpc) is 2.83. The summed E-state index contributed by atoms with van der Waals surface area (Å²) in [6.45, 7) is -0.443. The van der Waals surface area contributed by atoms with E-state index < -0.39 is 22.5 Å². The highest BCUT2D eigenvalue weighted by Gasteiger charge is 2.27. The molecule has 0 spiro atoms. The predicted octanol–water partition coefficient (Wildman–Crippen LogP) is 3.65. The van der Waals surface area contributed by atoms with Crippen LogP contribution in [0.5, 0.6) is 11.5 Å². The number of sulfonamides is 1. The molecule has 8 nitrogen and oxygen atoms in total. The number of ether oxygens (including phenoxy) is 2. The van der Waals surface area contributed by atoms with E-state index in [9.17, 15) is 13.2 Å². The molecule has 0 aliphatic rings. The van der Waals surface area contributed by atoms with E-state index >= 15 is 0 Å². The van der Waals surface area contributed by atoms with Gasteiger partial charge in [0.2, 0.25) is 0 Å². The second-order valence-corrected chi connectivity index (χ2v) is 9.82. The van der Waals surface area contributed by atoms with Gasteiger partial charge in [0.1, 0.15) is 6.54 Å². The first-order valence-corrected chi connectivity index (χ1v) is 12.2. The Hall–Kier alpha value is -3.12. The molecule has 3 aromatic rings. The van der Waals surface area contributed by atoms with Crippen molar-refractivity contribution in [1.29, 1.82) is 0 Å². The first-order valence-electron chi connectivity index (χ1n) is 9.72. The van der Waals surface area contributed by atoms with Crippen LogP contribution >= 0.6 is 22.6 Å². The van der Waals surface area contributed by atoms with Gasteiger partial charge in [-0.25, -0.2) is 13.8 Å². The second-order valence-electron chi connectivity index (χ2n) is 6.71.